The predicted molar refractivity (Wildman–Crippen MR) is 85.3 cm³/mol. The summed E-state index contributed by atoms with van der Waals surface area (Å²) in [5, 5.41) is 10.6. The van der Waals surface area contributed by atoms with Crippen LogP contribution in [0.4, 0.5) is 5.69 Å². The zero-order valence-corrected chi connectivity index (χ0v) is 11.9. The van der Waals surface area contributed by atoms with Gasteiger partial charge in [-0.05, 0) is 35.9 Å². The number of aromatic amines is 2. The lowest BCUT2D eigenvalue weighted by Gasteiger charge is -2.05. The molecule has 0 aliphatic carbocycles. The van der Waals surface area contributed by atoms with E-state index in [1.807, 2.05) is 18.2 Å². The van der Waals surface area contributed by atoms with Gasteiger partial charge in [-0.25, -0.2) is 4.79 Å². The molecule has 0 aliphatic rings. The zero-order chi connectivity index (χ0) is 15.8. The van der Waals surface area contributed by atoms with Crippen LogP contribution in [0.5, 0.6) is 0 Å². The molecule has 7 nitrogen and oxygen atoms in total. The Bertz CT molecular complexity index is 1070. The number of hydrogen-bond acceptors (Lipinski definition) is 4. The van der Waals surface area contributed by atoms with Gasteiger partial charge in [-0.1, -0.05) is 6.07 Å². The van der Waals surface area contributed by atoms with Gasteiger partial charge in [0.2, 0.25) is 5.91 Å². The van der Waals surface area contributed by atoms with Crippen LogP contribution in [-0.2, 0) is 11.2 Å². The van der Waals surface area contributed by atoms with Gasteiger partial charge in [0, 0.05) is 11.1 Å². The summed E-state index contributed by atoms with van der Waals surface area (Å²) in [6.45, 7) is 0. The second kappa shape index (κ2) is 5.13. The van der Waals surface area contributed by atoms with Crippen molar-refractivity contribution in [3.8, 4) is 0 Å². The standard InChI is InChI=1S/C16H12N4O3/c21-15(18-11-3-2-10-8-17-20-12(10)7-11)6-9-1-4-14-13(5-9)19-16(22)23-14/h1-5,7-8H,6H2,(H,17,20)(H,18,21)(H,19,22). The molecule has 4 rings (SSSR count). The van der Waals surface area contributed by atoms with E-state index in [1.165, 1.54) is 0 Å². The van der Waals surface area contributed by atoms with Gasteiger partial charge in [0.15, 0.2) is 5.58 Å². The molecule has 0 atom stereocenters. The molecule has 0 radical (unpaired) electrons. The molecule has 0 saturated heterocycles. The minimum absolute atomic E-state index is 0.144. The third-order valence-electron chi connectivity index (χ3n) is 3.57. The number of amides is 1. The molecule has 0 aliphatic heterocycles. The van der Waals surface area contributed by atoms with Gasteiger partial charge in [0.1, 0.15) is 0 Å². The smallest absolute Gasteiger partial charge is 0.408 e. The van der Waals surface area contributed by atoms with Crippen LogP contribution < -0.4 is 11.1 Å². The molecule has 2 aromatic heterocycles. The third kappa shape index (κ3) is 2.59. The van der Waals surface area contributed by atoms with Crippen LogP contribution in [0.2, 0.25) is 0 Å². The van der Waals surface area contributed by atoms with E-state index in [9.17, 15) is 9.59 Å². The van der Waals surface area contributed by atoms with E-state index < -0.39 is 5.76 Å². The lowest BCUT2D eigenvalue weighted by atomic mass is 10.1. The molecule has 114 valence electrons. The van der Waals surface area contributed by atoms with E-state index >= 15 is 0 Å². The Morgan fingerprint density at radius 2 is 2.09 bits per heavy atom. The number of anilines is 1. The van der Waals surface area contributed by atoms with Gasteiger partial charge in [0.05, 0.1) is 23.7 Å². The number of carbonyl (C=O) groups is 1. The maximum absolute atomic E-state index is 12.2. The average molecular weight is 308 g/mol. The van der Waals surface area contributed by atoms with Gasteiger partial charge in [0.25, 0.3) is 0 Å². The zero-order valence-electron chi connectivity index (χ0n) is 11.9. The van der Waals surface area contributed by atoms with Gasteiger partial charge in [-0.2, -0.15) is 5.10 Å². The summed E-state index contributed by atoms with van der Waals surface area (Å²) in [6.07, 6.45) is 1.92. The molecule has 0 fully saturated rings. The van der Waals surface area contributed by atoms with E-state index in [0.717, 1.165) is 16.5 Å². The van der Waals surface area contributed by atoms with Gasteiger partial charge in [-0.15, -0.1) is 0 Å². The number of hydrogen-bond donors (Lipinski definition) is 3. The second-order valence-corrected chi connectivity index (χ2v) is 5.24. The first kappa shape index (κ1) is 13.3. The SMILES string of the molecule is O=C(Cc1ccc2oc(=O)[nH]c2c1)Nc1ccc2cn[nH]c2c1. The van der Waals surface area contributed by atoms with Gasteiger partial charge in [-0.3, -0.25) is 14.9 Å². The van der Waals surface area contributed by atoms with Crippen LogP contribution in [0.1, 0.15) is 5.56 Å². The van der Waals surface area contributed by atoms with Crippen molar-refractivity contribution in [2.24, 2.45) is 0 Å². The van der Waals surface area contributed by atoms with Crippen molar-refractivity contribution in [3.05, 3.63) is 58.7 Å². The predicted octanol–water partition coefficient (Wildman–Crippen LogP) is 2.18. The summed E-state index contributed by atoms with van der Waals surface area (Å²) < 4.78 is 4.94. The van der Waals surface area contributed by atoms with Crippen molar-refractivity contribution in [1.82, 2.24) is 15.2 Å². The maximum atomic E-state index is 12.2. The van der Waals surface area contributed by atoms with Gasteiger partial charge >= 0.3 is 5.76 Å². The first-order valence-corrected chi connectivity index (χ1v) is 7.02. The number of aromatic nitrogens is 3. The molecule has 3 N–H and O–H groups in total. The molecule has 7 heteroatoms. The highest BCUT2D eigenvalue weighted by Gasteiger charge is 2.08. The average Bonchev–Trinajstić information content (AvgIpc) is 3.11. The highest BCUT2D eigenvalue weighted by molar-refractivity contribution is 5.94. The number of benzene rings is 2. The molecule has 2 heterocycles. The van der Waals surface area contributed by atoms with Gasteiger partial charge < -0.3 is 9.73 Å². The second-order valence-electron chi connectivity index (χ2n) is 5.24. The maximum Gasteiger partial charge on any atom is 0.417 e. The van der Waals surface area contributed by atoms with E-state index in [1.54, 1.807) is 24.4 Å². The first-order chi connectivity index (χ1) is 11.2. The molecule has 23 heavy (non-hydrogen) atoms. The van der Waals surface area contributed by atoms with E-state index in [4.69, 9.17) is 4.42 Å². The summed E-state index contributed by atoms with van der Waals surface area (Å²) >= 11 is 0. The molecular weight excluding hydrogens is 296 g/mol. The monoisotopic (exact) mass is 308 g/mol. The molecule has 0 unspecified atom stereocenters. The highest BCUT2D eigenvalue weighted by Crippen LogP contribution is 2.17. The first-order valence-electron chi connectivity index (χ1n) is 7.02. The van der Waals surface area contributed by atoms with Crippen molar-refractivity contribution in [1.29, 1.82) is 0 Å². The van der Waals surface area contributed by atoms with Crippen molar-refractivity contribution in [3.63, 3.8) is 0 Å². The molecule has 4 aromatic rings. The van der Waals surface area contributed by atoms with Crippen LogP contribution in [-0.4, -0.2) is 21.1 Å². The summed E-state index contributed by atoms with van der Waals surface area (Å²) in [6, 6.07) is 10.7. The number of rotatable bonds is 3. The summed E-state index contributed by atoms with van der Waals surface area (Å²) in [5.74, 6) is -0.650. The molecule has 1 amide bonds. The number of carbonyl (C=O) groups excluding carboxylic acids is 1. The fraction of sp³-hybridized carbons (Fsp3) is 0.0625. The minimum Gasteiger partial charge on any atom is -0.408 e. The Balaban J connectivity index is 1.52. The summed E-state index contributed by atoms with van der Waals surface area (Å²) in [4.78, 5) is 25.9. The number of nitrogens with zero attached hydrogens (tertiary/aromatic N) is 1. The van der Waals surface area contributed by atoms with Crippen molar-refractivity contribution in [2.75, 3.05) is 5.32 Å². The Kier molecular flexibility index (Phi) is 2.97. The Morgan fingerprint density at radius 3 is 3.00 bits per heavy atom. The fourth-order valence-electron chi connectivity index (χ4n) is 2.51. The normalized spacial score (nSPS) is 11.1. The molecule has 0 saturated carbocycles. The molecule has 2 aromatic carbocycles. The number of fused-ring (bicyclic) bond motifs is 2. The van der Waals surface area contributed by atoms with Crippen molar-refractivity contribution in [2.45, 2.75) is 6.42 Å². The third-order valence-corrected chi connectivity index (χ3v) is 3.57. The van der Waals surface area contributed by atoms with E-state index in [-0.39, 0.29) is 12.3 Å². The Hall–Kier alpha value is -3.35. The Labute approximate surface area is 129 Å². The van der Waals surface area contributed by atoms with Crippen LogP contribution in [0, 0.1) is 0 Å². The van der Waals surface area contributed by atoms with Crippen molar-refractivity contribution >= 4 is 33.6 Å². The largest absolute Gasteiger partial charge is 0.417 e. The molecular formula is C16H12N4O3. The Morgan fingerprint density at radius 1 is 1.17 bits per heavy atom. The minimum atomic E-state index is -0.505. The topological polar surface area (TPSA) is 104 Å². The lowest BCUT2D eigenvalue weighted by molar-refractivity contribution is -0.115. The van der Waals surface area contributed by atoms with Crippen LogP contribution in [0.15, 0.2) is 51.8 Å². The quantitative estimate of drug-likeness (QED) is 0.539. The molecule has 0 spiro atoms. The summed E-state index contributed by atoms with van der Waals surface area (Å²) in [5.41, 5.74) is 3.41. The van der Waals surface area contributed by atoms with Crippen LogP contribution in [0.3, 0.4) is 0 Å². The van der Waals surface area contributed by atoms with E-state index in [0.29, 0.717) is 16.8 Å². The fourth-order valence-corrected chi connectivity index (χ4v) is 2.51. The summed E-state index contributed by atoms with van der Waals surface area (Å²) in [7, 11) is 0. The highest BCUT2D eigenvalue weighted by atomic mass is 16.4. The van der Waals surface area contributed by atoms with Crippen molar-refractivity contribution < 1.29 is 9.21 Å². The van der Waals surface area contributed by atoms with Crippen LogP contribution in [0.25, 0.3) is 22.0 Å². The number of nitrogens with one attached hydrogen (secondary N) is 3. The van der Waals surface area contributed by atoms with E-state index in [2.05, 4.69) is 20.5 Å². The number of H-pyrrole nitrogens is 2. The lowest BCUT2D eigenvalue weighted by Crippen LogP contribution is -2.14. The molecule has 0 bridgehead atoms. The van der Waals surface area contributed by atoms with Crippen LogP contribution >= 0.6 is 0 Å². The number of oxazole rings is 1.